The number of carboxylic acids is 1. The van der Waals surface area contributed by atoms with Gasteiger partial charge in [-0.25, -0.2) is 9.78 Å². The Bertz CT molecular complexity index is 725. The smallest absolute Gasteiger partial charge is 0.339 e. The van der Waals surface area contributed by atoms with Crippen molar-refractivity contribution in [3.8, 4) is 0 Å². The van der Waals surface area contributed by atoms with Crippen molar-refractivity contribution in [1.29, 1.82) is 0 Å². The number of aromatic amines is 1. The Balaban J connectivity index is 1.92. The van der Waals surface area contributed by atoms with Gasteiger partial charge in [0.1, 0.15) is 11.2 Å². The minimum absolute atomic E-state index is 0.0323. The summed E-state index contributed by atoms with van der Waals surface area (Å²) in [4.78, 5) is 29.9. The third-order valence-corrected chi connectivity index (χ3v) is 4.24. The largest absolute Gasteiger partial charge is 0.478 e. The minimum Gasteiger partial charge on any atom is -0.478 e. The van der Waals surface area contributed by atoms with E-state index >= 15 is 0 Å². The van der Waals surface area contributed by atoms with E-state index in [1.165, 1.54) is 6.20 Å². The number of nitrogens with one attached hydrogen (secondary N) is 2. The predicted octanol–water partition coefficient (Wildman–Crippen LogP) is 1.72. The highest BCUT2D eigenvalue weighted by Crippen LogP contribution is 2.31. The van der Waals surface area contributed by atoms with Crippen molar-refractivity contribution < 1.29 is 14.7 Å². The monoisotopic (exact) mass is 302 g/mol. The molecular weight excluding hydrogens is 284 g/mol. The Morgan fingerprint density at radius 2 is 2.23 bits per heavy atom. The molecule has 0 aromatic carbocycles. The van der Waals surface area contributed by atoms with Crippen LogP contribution in [0.15, 0.2) is 18.5 Å². The van der Waals surface area contributed by atoms with Gasteiger partial charge in [0.2, 0.25) is 5.91 Å². The zero-order chi connectivity index (χ0) is 15.7. The summed E-state index contributed by atoms with van der Waals surface area (Å²) < 4.78 is 0. The molecule has 2 unspecified atom stereocenters. The lowest BCUT2D eigenvalue weighted by Crippen LogP contribution is -2.34. The van der Waals surface area contributed by atoms with E-state index in [-0.39, 0.29) is 23.4 Å². The van der Waals surface area contributed by atoms with Gasteiger partial charge in [-0.1, -0.05) is 6.42 Å². The van der Waals surface area contributed by atoms with Gasteiger partial charge in [0.25, 0.3) is 0 Å². The van der Waals surface area contributed by atoms with Gasteiger partial charge in [-0.05, 0) is 25.3 Å². The second kappa shape index (κ2) is 5.67. The maximum Gasteiger partial charge on any atom is 0.339 e. The summed E-state index contributed by atoms with van der Waals surface area (Å²) in [5.74, 6) is -1.46. The Morgan fingerprint density at radius 1 is 1.41 bits per heavy atom. The van der Waals surface area contributed by atoms with Gasteiger partial charge >= 0.3 is 5.97 Å². The fraction of sp³-hybridized carbons (Fsp3) is 0.400. The number of rotatable bonds is 4. The summed E-state index contributed by atoms with van der Waals surface area (Å²) in [5, 5.41) is 13.4. The summed E-state index contributed by atoms with van der Waals surface area (Å²) in [6.45, 7) is 0. The Hall–Kier alpha value is -2.57. The number of fused-ring (bicyclic) bond motifs is 1. The Morgan fingerprint density at radius 3 is 2.95 bits per heavy atom. The Labute approximate surface area is 126 Å². The molecule has 2 aromatic rings. The van der Waals surface area contributed by atoms with Crippen molar-refractivity contribution in [2.45, 2.75) is 31.7 Å². The zero-order valence-electron chi connectivity index (χ0n) is 12.0. The molecule has 22 heavy (non-hydrogen) atoms. The van der Waals surface area contributed by atoms with Gasteiger partial charge in [-0.15, -0.1) is 0 Å². The number of nitrogens with two attached hydrogens (primary N) is 1. The lowest BCUT2D eigenvalue weighted by Gasteiger charge is -2.29. The number of carbonyl (C=O) groups is 2. The number of pyridine rings is 1. The fourth-order valence-electron chi connectivity index (χ4n) is 3.11. The number of carboxylic acid groups (broad SMARTS) is 1. The first-order valence-corrected chi connectivity index (χ1v) is 7.31. The van der Waals surface area contributed by atoms with Crippen LogP contribution < -0.4 is 11.1 Å². The van der Waals surface area contributed by atoms with Crippen molar-refractivity contribution in [3.63, 3.8) is 0 Å². The highest BCUT2D eigenvalue weighted by molar-refractivity contribution is 6.03. The average Bonchev–Trinajstić information content (AvgIpc) is 2.96. The molecule has 1 aliphatic rings. The topological polar surface area (TPSA) is 121 Å². The molecule has 0 bridgehead atoms. The van der Waals surface area contributed by atoms with Gasteiger partial charge in [0, 0.05) is 29.7 Å². The number of hydrogen-bond donors (Lipinski definition) is 4. The molecule has 1 saturated carbocycles. The number of aromatic nitrogens is 2. The number of hydrogen-bond acceptors (Lipinski definition) is 4. The third kappa shape index (κ3) is 2.61. The lowest BCUT2D eigenvalue weighted by atomic mass is 9.85. The van der Waals surface area contributed by atoms with Crippen LogP contribution in [0.4, 0.5) is 5.69 Å². The summed E-state index contributed by atoms with van der Waals surface area (Å²) in [7, 11) is 0. The van der Waals surface area contributed by atoms with Crippen molar-refractivity contribution in [2.24, 2.45) is 11.7 Å². The van der Waals surface area contributed by atoms with Gasteiger partial charge in [-0.3, -0.25) is 4.79 Å². The molecule has 1 fully saturated rings. The number of aromatic carboxylic acids is 1. The molecule has 2 heterocycles. The van der Waals surface area contributed by atoms with Crippen LogP contribution in [0.25, 0.3) is 11.0 Å². The van der Waals surface area contributed by atoms with Gasteiger partial charge in [0.05, 0.1) is 5.69 Å². The van der Waals surface area contributed by atoms with Crippen LogP contribution in [-0.4, -0.2) is 33.0 Å². The van der Waals surface area contributed by atoms with E-state index in [9.17, 15) is 14.7 Å². The van der Waals surface area contributed by atoms with Crippen LogP contribution in [0, 0.1) is 5.92 Å². The molecule has 1 amide bonds. The molecule has 116 valence electrons. The number of nitrogens with zero attached hydrogens (tertiary/aromatic N) is 1. The average molecular weight is 302 g/mol. The predicted molar refractivity (Wildman–Crippen MR) is 81.6 cm³/mol. The summed E-state index contributed by atoms with van der Waals surface area (Å²) >= 11 is 0. The van der Waals surface area contributed by atoms with E-state index in [2.05, 4.69) is 15.3 Å². The summed E-state index contributed by atoms with van der Waals surface area (Å²) in [5.41, 5.74) is 6.72. The minimum atomic E-state index is -1.03. The van der Waals surface area contributed by atoms with E-state index in [4.69, 9.17) is 5.73 Å². The normalized spacial score (nSPS) is 21.6. The van der Waals surface area contributed by atoms with E-state index in [0.29, 0.717) is 17.8 Å². The van der Waals surface area contributed by atoms with Gasteiger partial charge < -0.3 is 21.1 Å². The first-order chi connectivity index (χ1) is 10.6. The van der Waals surface area contributed by atoms with Gasteiger partial charge in [-0.2, -0.15) is 0 Å². The maximum absolute atomic E-state index is 11.4. The standard InChI is InChI=1S/C15H18N4O3/c16-13(20)8-2-1-3-9(6-8)19-12-10-4-5-17-14(10)18-7-11(12)15(21)22/h4-5,7-9H,1-3,6H2,(H2,16,20)(H,21,22)(H2,17,18,19). The lowest BCUT2D eigenvalue weighted by molar-refractivity contribution is -0.122. The van der Waals surface area contributed by atoms with Crippen LogP contribution in [0.5, 0.6) is 0 Å². The molecule has 1 aliphatic carbocycles. The SMILES string of the molecule is NC(=O)C1CCCC(Nc2c(C(=O)O)cnc3[nH]ccc23)C1. The fourth-order valence-corrected chi connectivity index (χ4v) is 3.11. The first-order valence-electron chi connectivity index (χ1n) is 7.31. The van der Waals surface area contributed by atoms with E-state index in [1.54, 1.807) is 12.3 Å². The second-order valence-electron chi connectivity index (χ2n) is 5.70. The number of primary amides is 1. The first kappa shape index (κ1) is 14.4. The molecule has 3 rings (SSSR count). The number of H-pyrrole nitrogens is 1. The molecule has 0 spiro atoms. The molecule has 2 aromatic heterocycles. The molecule has 0 radical (unpaired) electrons. The van der Waals surface area contributed by atoms with Crippen LogP contribution in [0.3, 0.4) is 0 Å². The molecule has 5 N–H and O–H groups in total. The van der Waals surface area contributed by atoms with E-state index in [1.807, 2.05) is 0 Å². The van der Waals surface area contributed by atoms with Crippen molar-refractivity contribution in [2.75, 3.05) is 5.32 Å². The molecule has 0 aliphatic heterocycles. The Kier molecular flexibility index (Phi) is 3.70. The quantitative estimate of drug-likeness (QED) is 0.685. The zero-order valence-corrected chi connectivity index (χ0v) is 12.0. The van der Waals surface area contributed by atoms with Gasteiger partial charge in [0.15, 0.2) is 0 Å². The van der Waals surface area contributed by atoms with Crippen molar-refractivity contribution >= 4 is 28.6 Å². The van der Waals surface area contributed by atoms with Crippen LogP contribution in [-0.2, 0) is 4.79 Å². The highest BCUT2D eigenvalue weighted by Gasteiger charge is 2.27. The van der Waals surface area contributed by atoms with Crippen LogP contribution >= 0.6 is 0 Å². The number of anilines is 1. The van der Waals surface area contributed by atoms with Crippen LogP contribution in [0.2, 0.25) is 0 Å². The summed E-state index contributed by atoms with van der Waals surface area (Å²) in [6.07, 6.45) is 6.28. The summed E-state index contributed by atoms with van der Waals surface area (Å²) in [6, 6.07) is 1.83. The highest BCUT2D eigenvalue weighted by atomic mass is 16.4. The third-order valence-electron chi connectivity index (χ3n) is 4.24. The second-order valence-corrected chi connectivity index (χ2v) is 5.70. The molecular formula is C15H18N4O3. The molecule has 7 heteroatoms. The van der Waals surface area contributed by atoms with Crippen molar-refractivity contribution in [1.82, 2.24) is 9.97 Å². The molecule has 2 atom stereocenters. The van der Waals surface area contributed by atoms with E-state index in [0.717, 1.165) is 24.6 Å². The number of carbonyl (C=O) groups excluding carboxylic acids is 1. The van der Waals surface area contributed by atoms with Crippen LogP contribution in [0.1, 0.15) is 36.0 Å². The van der Waals surface area contributed by atoms with Crippen molar-refractivity contribution in [3.05, 3.63) is 24.0 Å². The molecule has 7 nitrogen and oxygen atoms in total. The number of amides is 1. The maximum atomic E-state index is 11.4. The molecule has 0 saturated heterocycles. The van der Waals surface area contributed by atoms with E-state index < -0.39 is 5.97 Å².